The summed E-state index contributed by atoms with van der Waals surface area (Å²) in [5.74, 6) is 0. The zero-order chi connectivity index (χ0) is 40.4. The van der Waals surface area contributed by atoms with Gasteiger partial charge >= 0.3 is 0 Å². The van der Waals surface area contributed by atoms with Crippen molar-refractivity contribution in [2.75, 3.05) is 0 Å². The highest BCUT2D eigenvalue weighted by atomic mass is 14.2. The molecule has 0 amide bonds. The molecule has 12 aromatic rings. The van der Waals surface area contributed by atoms with Gasteiger partial charge in [-0.3, -0.25) is 0 Å². The Bertz CT molecular complexity index is 3660. The Morgan fingerprint density at radius 1 is 0.197 bits per heavy atom. The van der Waals surface area contributed by atoms with E-state index in [0.29, 0.717) is 0 Å². The van der Waals surface area contributed by atoms with Crippen LogP contribution in [0, 0.1) is 6.92 Å². The van der Waals surface area contributed by atoms with Crippen molar-refractivity contribution in [3.05, 3.63) is 230 Å². The molecule has 0 atom stereocenters. The molecule has 0 fully saturated rings. The number of hydrogen-bond acceptors (Lipinski definition) is 0. The second kappa shape index (κ2) is 14.2. The summed E-state index contributed by atoms with van der Waals surface area (Å²) in [7, 11) is 0. The molecule has 0 aliphatic carbocycles. The van der Waals surface area contributed by atoms with E-state index in [-0.39, 0.29) is 0 Å². The van der Waals surface area contributed by atoms with Crippen molar-refractivity contribution in [2.24, 2.45) is 0 Å². The van der Waals surface area contributed by atoms with Crippen LogP contribution in [0.25, 0.3) is 120 Å². The summed E-state index contributed by atoms with van der Waals surface area (Å²) in [6, 6.07) is 83.4. The maximum atomic E-state index is 2.45. The Balaban J connectivity index is 1.11. The fraction of sp³-hybridized carbons (Fsp3) is 0.0164. The van der Waals surface area contributed by atoms with E-state index in [1.807, 2.05) is 0 Å². The first-order chi connectivity index (χ1) is 30.2. The molecule has 12 aromatic carbocycles. The van der Waals surface area contributed by atoms with Crippen molar-refractivity contribution >= 4 is 64.6 Å². The average molecular weight is 773 g/mol. The molecule has 0 heteroatoms. The summed E-state index contributed by atoms with van der Waals surface area (Å²) in [6.07, 6.45) is 0. The number of aryl methyl sites for hydroxylation is 1. The number of hydrogen-bond donors (Lipinski definition) is 0. The molecular formula is C61H40. The van der Waals surface area contributed by atoms with Crippen LogP contribution in [-0.4, -0.2) is 0 Å². The lowest BCUT2D eigenvalue weighted by atomic mass is 9.83. The monoisotopic (exact) mass is 772 g/mol. The topological polar surface area (TPSA) is 0 Å². The summed E-state index contributed by atoms with van der Waals surface area (Å²) < 4.78 is 0. The third-order valence-electron chi connectivity index (χ3n) is 12.8. The Labute approximate surface area is 355 Å². The van der Waals surface area contributed by atoms with E-state index in [1.54, 1.807) is 0 Å². The standard InChI is InChI=1S/C61H40/c1-39-14-12-20-46(34-39)58-50-22-6-8-24-52(50)59(53-25-9-7-23-51(53)58)47-21-13-19-44(37-47)45-32-33-56-57(38-45)61(49-31-29-41-16-3-5-18-43(41)36-49)55-27-11-10-26-54(55)60(56)48-30-28-40-15-2-4-17-42(40)35-48/h2-38H,1H3. The molecule has 284 valence electrons. The van der Waals surface area contributed by atoms with E-state index < -0.39 is 0 Å². The largest absolute Gasteiger partial charge is 0.0616 e. The van der Waals surface area contributed by atoms with Gasteiger partial charge in [-0.05, 0) is 151 Å². The fourth-order valence-electron chi connectivity index (χ4n) is 10.1. The summed E-state index contributed by atoms with van der Waals surface area (Å²) in [5, 5.41) is 15.1. The molecule has 0 bridgehead atoms. The van der Waals surface area contributed by atoms with Gasteiger partial charge < -0.3 is 0 Å². The van der Waals surface area contributed by atoms with Crippen LogP contribution in [0.4, 0.5) is 0 Å². The molecule has 0 saturated heterocycles. The van der Waals surface area contributed by atoms with E-state index in [0.717, 1.165) is 0 Å². The van der Waals surface area contributed by atoms with Gasteiger partial charge in [0.05, 0.1) is 0 Å². The lowest BCUT2D eigenvalue weighted by molar-refractivity contribution is 1.47. The van der Waals surface area contributed by atoms with Crippen LogP contribution in [0.1, 0.15) is 5.56 Å². The van der Waals surface area contributed by atoms with Gasteiger partial charge in [0.2, 0.25) is 0 Å². The van der Waals surface area contributed by atoms with Crippen LogP contribution < -0.4 is 0 Å². The van der Waals surface area contributed by atoms with Gasteiger partial charge in [0.1, 0.15) is 0 Å². The first-order valence-corrected chi connectivity index (χ1v) is 21.2. The molecule has 12 rings (SSSR count). The summed E-state index contributed by atoms with van der Waals surface area (Å²) in [5.41, 5.74) is 13.7. The maximum absolute atomic E-state index is 2.45. The Morgan fingerprint density at radius 3 is 1.03 bits per heavy atom. The number of benzene rings is 12. The second-order valence-corrected chi connectivity index (χ2v) is 16.5. The SMILES string of the molecule is Cc1cccc(-c2c3ccccc3c(-c3cccc(-c4ccc5c(-c6ccc7ccccc7c6)c6ccccc6c(-c6ccc7ccccc7c6)c5c4)c3)c3ccccc23)c1. The van der Waals surface area contributed by atoms with Gasteiger partial charge in [-0.15, -0.1) is 0 Å². The van der Waals surface area contributed by atoms with Crippen molar-refractivity contribution in [3.63, 3.8) is 0 Å². The number of rotatable bonds is 5. The zero-order valence-electron chi connectivity index (χ0n) is 33.9. The fourth-order valence-corrected chi connectivity index (χ4v) is 10.1. The van der Waals surface area contributed by atoms with Gasteiger partial charge in [-0.2, -0.15) is 0 Å². The molecule has 0 saturated carbocycles. The summed E-state index contributed by atoms with van der Waals surface area (Å²) >= 11 is 0. The highest BCUT2D eigenvalue weighted by Crippen LogP contribution is 2.47. The van der Waals surface area contributed by atoms with Crippen LogP contribution in [0.15, 0.2) is 224 Å². The van der Waals surface area contributed by atoms with Crippen LogP contribution in [0.5, 0.6) is 0 Å². The average Bonchev–Trinajstić information content (AvgIpc) is 3.32. The van der Waals surface area contributed by atoms with Crippen LogP contribution in [0.2, 0.25) is 0 Å². The third kappa shape index (κ3) is 5.83. The Kier molecular flexibility index (Phi) is 8.18. The molecule has 0 spiro atoms. The predicted octanol–water partition coefficient (Wildman–Crippen LogP) is 17.2. The zero-order valence-corrected chi connectivity index (χ0v) is 33.9. The first kappa shape index (κ1) is 35.2. The second-order valence-electron chi connectivity index (χ2n) is 16.5. The predicted molar refractivity (Wildman–Crippen MR) is 263 cm³/mol. The summed E-state index contributed by atoms with van der Waals surface area (Å²) in [4.78, 5) is 0. The third-order valence-corrected chi connectivity index (χ3v) is 12.8. The lowest BCUT2D eigenvalue weighted by Gasteiger charge is -2.20. The van der Waals surface area contributed by atoms with E-state index in [4.69, 9.17) is 0 Å². The normalized spacial score (nSPS) is 11.7. The minimum absolute atomic E-state index is 1.19. The molecule has 0 unspecified atom stereocenters. The first-order valence-electron chi connectivity index (χ1n) is 21.2. The van der Waals surface area contributed by atoms with E-state index in [9.17, 15) is 0 Å². The smallest absolute Gasteiger partial charge is 0.00259 e. The Morgan fingerprint density at radius 2 is 0.541 bits per heavy atom. The highest BCUT2D eigenvalue weighted by molar-refractivity contribution is 6.24. The minimum Gasteiger partial charge on any atom is -0.0616 e. The van der Waals surface area contributed by atoms with Crippen molar-refractivity contribution in [2.45, 2.75) is 6.92 Å². The maximum Gasteiger partial charge on any atom is -0.00259 e. The van der Waals surface area contributed by atoms with Crippen LogP contribution in [-0.2, 0) is 0 Å². The van der Waals surface area contributed by atoms with Crippen molar-refractivity contribution in [3.8, 4) is 55.6 Å². The molecule has 0 aromatic heterocycles. The molecule has 0 heterocycles. The van der Waals surface area contributed by atoms with Crippen LogP contribution in [0.3, 0.4) is 0 Å². The highest BCUT2D eigenvalue weighted by Gasteiger charge is 2.20. The molecular weight excluding hydrogens is 733 g/mol. The minimum atomic E-state index is 1.19. The molecule has 61 heavy (non-hydrogen) atoms. The van der Waals surface area contributed by atoms with Gasteiger partial charge in [-0.1, -0.05) is 206 Å². The van der Waals surface area contributed by atoms with Crippen molar-refractivity contribution < 1.29 is 0 Å². The molecule has 0 aliphatic heterocycles. The Hall–Kier alpha value is -7.80. The van der Waals surface area contributed by atoms with E-state index in [1.165, 1.54) is 126 Å². The van der Waals surface area contributed by atoms with E-state index in [2.05, 4.69) is 231 Å². The molecule has 0 aliphatic rings. The van der Waals surface area contributed by atoms with Gasteiger partial charge in [0, 0.05) is 0 Å². The molecule has 0 N–H and O–H groups in total. The summed E-state index contributed by atoms with van der Waals surface area (Å²) in [6.45, 7) is 2.18. The van der Waals surface area contributed by atoms with Gasteiger partial charge in [-0.25, -0.2) is 0 Å². The van der Waals surface area contributed by atoms with Crippen LogP contribution >= 0.6 is 0 Å². The van der Waals surface area contributed by atoms with Gasteiger partial charge in [0.25, 0.3) is 0 Å². The number of fused-ring (bicyclic) bond motifs is 6. The van der Waals surface area contributed by atoms with E-state index >= 15 is 0 Å². The van der Waals surface area contributed by atoms with Crippen molar-refractivity contribution in [1.82, 2.24) is 0 Å². The quantitative estimate of drug-likeness (QED) is 0.153. The van der Waals surface area contributed by atoms with Gasteiger partial charge in [0.15, 0.2) is 0 Å². The lowest BCUT2D eigenvalue weighted by Crippen LogP contribution is -1.93. The van der Waals surface area contributed by atoms with Crippen molar-refractivity contribution in [1.29, 1.82) is 0 Å². The molecule has 0 radical (unpaired) electrons. The molecule has 0 nitrogen and oxygen atoms in total.